The van der Waals surface area contributed by atoms with E-state index >= 15 is 0 Å². The fourth-order valence-corrected chi connectivity index (χ4v) is 1.37. The van der Waals surface area contributed by atoms with E-state index in [0.717, 1.165) is 18.6 Å². The van der Waals surface area contributed by atoms with Crippen molar-refractivity contribution in [2.45, 2.75) is 19.8 Å². The maximum absolute atomic E-state index is 11.8. The first-order valence-corrected chi connectivity index (χ1v) is 6.66. The van der Waals surface area contributed by atoms with Crippen LogP contribution in [0.2, 0.25) is 0 Å². The zero-order chi connectivity index (χ0) is 17.2. The molecule has 10 nitrogen and oxygen atoms in total. The lowest BCUT2D eigenvalue weighted by Crippen LogP contribution is -2.37. The second-order valence-electron chi connectivity index (χ2n) is 4.22. The van der Waals surface area contributed by atoms with Gasteiger partial charge in [-0.05, 0) is 24.6 Å². The zero-order valence-corrected chi connectivity index (χ0v) is 12.4. The average molecular weight is 324 g/mol. The van der Waals surface area contributed by atoms with E-state index in [-0.39, 0.29) is 12.4 Å². The van der Waals surface area contributed by atoms with Gasteiger partial charge in [-0.25, -0.2) is 4.79 Å². The number of amides is 1. The highest BCUT2D eigenvalue weighted by Crippen LogP contribution is 2.16. The molecule has 1 heterocycles. The topological polar surface area (TPSA) is 150 Å². The molecule has 0 saturated carbocycles. The van der Waals surface area contributed by atoms with E-state index < -0.39 is 28.5 Å². The van der Waals surface area contributed by atoms with E-state index in [1.165, 1.54) is 12.1 Å². The summed E-state index contributed by atoms with van der Waals surface area (Å²) in [6.45, 7) is 2.14. The molecule has 0 aromatic carbocycles. The van der Waals surface area contributed by atoms with Crippen LogP contribution in [0.5, 0.6) is 0 Å². The van der Waals surface area contributed by atoms with Crippen molar-refractivity contribution in [3.05, 3.63) is 34.1 Å². The molecule has 0 spiro atoms. The number of rotatable bonds is 7. The van der Waals surface area contributed by atoms with Gasteiger partial charge in [-0.15, -0.1) is 0 Å². The number of nitrogens with zero attached hydrogens (tertiary/aromatic N) is 2. The van der Waals surface area contributed by atoms with E-state index in [9.17, 15) is 19.7 Å². The third-order valence-electron chi connectivity index (χ3n) is 2.51. The SMILES string of the molecule is CCCCOC(=O)NC(=NN)C(=O)C=Cc1ccc([N+](=O)[O-])o1. The van der Waals surface area contributed by atoms with Crippen molar-refractivity contribution in [3.63, 3.8) is 0 Å². The van der Waals surface area contributed by atoms with E-state index in [2.05, 4.69) is 10.4 Å². The Hall–Kier alpha value is -3.17. The van der Waals surface area contributed by atoms with Gasteiger partial charge in [0.15, 0.2) is 0 Å². The molecular formula is C13H16N4O6. The first-order valence-electron chi connectivity index (χ1n) is 6.66. The van der Waals surface area contributed by atoms with Gasteiger partial charge in [0.05, 0.1) is 12.7 Å². The predicted octanol–water partition coefficient (Wildman–Crippen LogP) is 1.57. The van der Waals surface area contributed by atoms with Crippen molar-refractivity contribution >= 4 is 29.7 Å². The van der Waals surface area contributed by atoms with Crippen LogP contribution in [0.4, 0.5) is 10.7 Å². The summed E-state index contributed by atoms with van der Waals surface area (Å²) in [4.78, 5) is 33.0. The van der Waals surface area contributed by atoms with Gasteiger partial charge in [0, 0.05) is 0 Å². The summed E-state index contributed by atoms with van der Waals surface area (Å²) in [7, 11) is 0. The summed E-state index contributed by atoms with van der Waals surface area (Å²) in [6, 6.07) is 2.46. The number of carbonyl (C=O) groups is 2. The van der Waals surface area contributed by atoms with Crippen LogP contribution >= 0.6 is 0 Å². The van der Waals surface area contributed by atoms with Crippen LogP contribution in [0.3, 0.4) is 0 Å². The van der Waals surface area contributed by atoms with Gasteiger partial charge in [-0.3, -0.25) is 20.2 Å². The van der Waals surface area contributed by atoms with Gasteiger partial charge in [0.25, 0.3) is 0 Å². The Morgan fingerprint density at radius 2 is 2.26 bits per heavy atom. The monoisotopic (exact) mass is 324 g/mol. The van der Waals surface area contributed by atoms with Gasteiger partial charge in [-0.2, -0.15) is 5.10 Å². The summed E-state index contributed by atoms with van der Waals surface area (Å²) in [6.07, 6.45) is 2.87. The number of nitrogens with one attached hydrogen (secondary N) is 1. The van der Waals surface area contributed by atoms with Crippen molar-refractivity contribution in [2.75, 3.05) is 6.61 Å². The van der Waals surface area contributed by atoms with Gasteiger partial charge in [-0.1, -0.05) is 13.3 Å². The molecule has 0 atom stereocenters. The number of carbonyl (C=O) groups excluding carboxylic acids is 2. The number of furan rings is 1. The average Bonchev–Trinajstić information content (AvgIpc) is 2.99. The predicted molar refractivity (Wildman–Crippen MR) is 80.4 cm³/mol. The minimum atomic E-state index is -0.849. The number of ether oxygens (including phenoxy) is 1. The number of hydrogen-bond donors (Lipinski definition) is 2. The number of hydrazone groups is 1. The minimum Gasteiger partial charge on any atom is -0.449 e. The molecule has 0 radical (unpaired) electrons. The smallest absolute Gasteiger partial charge is 0.433 e. The molecule has 124 valence electrons. The molecule has 1 aromatic rings. The second kappa shape index (κ2) is 8.97. The lowest BCUT2D eigenvalue weighted by molar-refractivity contribution is -0.402. The number of nitrogens with two attached hydrogens (primary N) is 1. The summed E-state index contributed by atoms with van der Waals surface area (Å²) in [5.74, 6) is 3.52. The maximum atomic E-state index is 11.8. The molecule has 1 amide bonds. The van der Waals surface area contributed by atoms with Crippen molar-refractivity contribution in [3.8, 4) is 0 Å². The van der Waals surface area contributed by atoms with Crippen LogP contribution in [0.1, 0.15) is 25.5 Å². The molecule has 0 aliphatic heterocycles. The summed E-state index contributed by atoms with van der Waals surface area (Å²) >= 11 is 0. The Labute approximate surface area is 131 Å². The second-order valence-corrected chi connectivity index (χ2v) is 4.22. The van der Waals surface area contributed by atoms with Crippen LogP contribution in [0.15, 0.2) is 27.7 Å². The van der Waals surface area contributed by atoms with Crippen LogP contribution in [0, 0.1) is 10.1 Å². The van der Waals surface area contributed by atoms with E-state index in [4.69, 9.17) is 15.0 Å². The molecule has 0 aliphatic carbocycles. The van der Waals surface area contributed by atoms with Crippen molar-refractivity contribution in [1.29, 1.82) is 0 Å². The van der Waals surface area contributed by atoms with Crippen LogP contribution in [-0.2, 0) is 9.53 Å². The van der Waals surface area contributed by atoms with Crippen LogP contribution in [0.25, 0.3) is 6.08 Å². The molecule has 0 aliphatic rings. The largest absolute Gasteiger partial charge is 0.449 e. The molecule has 0 bridgehead atoms. The van der Waals surface area contributed by atoms with Gasteiger partial charge < -0.3 is 15.0 Å². The Balaban J connectivity index is 2.60. The van der Waals surface area contributed by atoms with Crippen molar-refractivity contribution < 1.29 is 23.7 Å². The number of hydrogen-bond acceptors (Lipinski definition) is 8. The molecule has 1 aromatic heterocycles. The molecule has 1 rings (SSSR count). The maximum Gasteiger partial charge on any atom is 0.433 e. The molecule has 0 saturated heterocycles. The Bertz CT molecular complexity index is 634. The van der Waals surface area contributed by atoms with Crippen molar-refractivity contribution in [2.24, 2.45) is 10.9 Å². The number of ketones is 1. The highest BCUT2D eigenvalue weighted by molar-refractivity contribution is 6.45. The van der Waals surface area contributed by atoms with Crippen LogP contribution < -0.4 is 11.2 Å². The van der Waals surface area contributed by atoms with Crippen molar-refractivity contribution in [1.82, 2.24) is 5.32 Å². The molecule has 10 heteroatoms. The lowest BCUT2D eigenvalue weighted by Gasteiger charge is -2.05. The summed E-state index contributed by atoms with van der Waals surface area (Å²) in [5.41, 5.74) is 0. The summed E-state index contributed by atoms with van der Waals surface area (Å²) in [5, 5.41) is 15.7. The first kappa shape index (κ1) is 17.9. The molecule has 23 heavy (non-hydrogen) atoms. The molecular weight excluding hydrogens is 308 g/mol. The molecule has 3 N–H and O–H groups in total. The number of amidine groups is 1. The quantitative estimate of drug-likeness (QED) is 0.147. The Morgan fingerprint density at radius 1 is 1.52 bits per heavy atom. The van der Waals surface area contributed by atoms with E-state index in [1.54, 1.807) is 0 Å². The third-order valence-corrected chi connectivity index (χ3v) is 2.51. The number of unbranched alkanes of at least 4 members (excludes halogenated alkanes) is 1. The number of nitro groups is 1. The van der Waals surface area contributed by atoms with Gasteiger partial charge in [0.1, 0.15) is 10.7 Å². The Kier molecular flexibility index (Phi) is 6.98. The molecule has 0 unspecified atom stereocenters. The van der Waals surface area contributed by atoms with Gasteiger partial charge in [0.2, 0.25) is 11.6 Å². The summed E-state index contributed by atoms with van der Waals surface area (Å²) < 4.78 is 9.64. The standard InChI is InChI=1S/C13H16N4O6/c1-2-3-8-22-13(19)15-12(16-14)10(18)6-4-9-5-7-11(23-9)17(20)21/h4-7H,2-3,8,14H2,1H3,(H,15,16,19). The minimum absolute atomic E-state index is 0.0898. The normalized spacial score (nSPS) is 11.4. The van der Waals surface area contributed by atoms with E-state index in [0.29, 0.717) is 6.42 Å². The first-order chi connectivity index (χ1) is 11.0. The van der Waals surface area contributed by atoms with E-state index in [1.807, 2.05) is 6.92 Å². The highest BCUT2D eigenvalue weighted by Gasteiger charge is 2.14. The fourth-order valence-electron chi connectivity index (χ4n) is 1.37. The van der Waals surface area contributed by atoms with Gasteiger partial charge >= 0.3 is 12.0 Å². The molecule has 0 fully saturated rings. The fraction of sp³-hybridized carbons (Fsp3) is 0.308. The lowest BCUT2D eigenvalue weighted by atomic mass is 10.3. The Morgan fingerprint density at radius 3 is 2.83 bits per heavy atom. The number of alkyl carbamates (subject to hydrolysis) is 1. The zero-order valence-electron chi connectivity index (χ0n) is 12.4. The highest BCUT2D eigenvalue weighted by atomic mass is 16.6. The third kappa shape index (κ3) is 5.99. The van der Waals surface area contributed by atoms with Crippen LogP contribution in [-0.4, -0.2) is 29.2 Å².